The van der Waals surface area contributed by atoms with Crippen LogP contribution in [0.2, 0.25) is 0 Å². The second-order valence-electron chi connectivity index (χ2n) is 4.90. The zero-order chi connectivity index (χ0) is 15.0. The molecule has 0 N–H and O–H groups in total. The Morgan fingerprint density at radius 2 is 1.29 bits per heavy atom. The van der Waals surface area contributed by atoms with Crippen LogP contribution in [0.25, 0.3) is 0 Å². The minimum Gasteiger partial charge on any atom is -0.289 e. The lowest BCUT2D eigenvalue weighted by Crippen LogP contribution is -2.25. The molecule has 0 saturated carbocycles. The average molecular weight is 276 g/mol. The largest absolute Gasteiger partial charge is 0.289 e. The summed E-state index contributed by atoms with van der Waals surface area (Å²) in [6.07, 6.45) is 0. The highest BCUT2D eigenvalue weighted by molar-refractivity contribution is 6.39. The highest BCUT2D eigenvalue weighted by Gasteiger charge is 2.33. The number of Topliss-reactive ketones (excluding diaryl/α,β-unsaturated/α-hetero) is 3. The Hall–Kier alpha value is -2.81. The van der Waals surface area contributed by atoms with E-state index in [0.717, 1.165) is 0 Å². The maximum Gasteiger partial charge on any atom is 0.198 e. The molecule has 0 aromatic heterocycles. The van der Waals surface area contributed by atoms with Gasteiger partial charge in [-0.25, -0.2) is 0 Å². The molecule has 102 valence electrons. The summed E-state index contributed by atoms with van der Waals surface area (Å²) in [4.78, 5) is 37.4. The first kappa shape index (κ1) is 13.2. The van der Waals surface area contributed by atoms with Crippen LogP contribution in [0, 0.1) is 0 Å². The number of rotatable bonds is 2. The lowest BCUT2D eigenvalue weighted by Gasteiger charge is -2.18. The van der Waals surface area contributed by atoms with Crippen LogP contribution in [0.3, 0.4) is 0 Å². The maximum absolute atomic E-state index is 12.6. The SMILES string of the molecule is CC1=C(C(=O)c2ccccc2)C(=O)c2ccccc2C1=O. The zero-order valence-electron chi connectivity index (χ0n) is 11.4. The van der Waals surface area contributed by atoms with Crippen molar-refractivity contribution in [3.05, 3.63) is 82.4 Å². The van der Waals surface area contributed by atoms with Crippen LogP contribution < -0.4 is 0 Å². The molecule has 0 spiro atoms. The molecule has 0 bridgehead atoms. The Kier molecular flexibility index (Phi) is 3.10. The van der Waals surface area contributed by atoms with E-state index >= 15 is 0 Å². The summed E-state index contributed by atoms with van der Waals surface area (Å²) in [7, 11) is 0. The molecule has 2 aromatic rings. The van der Waals surface area contributed by atoms with Gasteiger partial charge in [0.2, 0.25) is 0 Å². The molecule has 0 fully saturated rings. The van der Waals surface area contributed by atoms with Gasteiger partial charge in [-0.15, -0.1) is 0 Å². The summed E-state index contributed by atoms with van der Waals surface area (Å²) in [5, 5.41) is 0. The second-order valence-corrected chi connectivity index (χ2v) is 4.90. The number of hydrogen-bond acceptors (Lipinski definition) is 3. The van der Waals surface area contributed by atoms with E-state index in [4.69, 9.17) is 0 Å². The van der Waals surface area contributed by atoms with Gasteiger partial charge in [0.15, 0.2) is 17.3 Å². The normalized spacial score (nSPS) is 14.1. The van der Waals surface area contributed by atoms with Crippen LogP contribution in [0.15, 0.2) is 65.7 Å². The van der Waals surface area contributed by atoms with Crippen LogP contribution in [0.4, 0.5) is 0 Å². The molecule has 0 unspecified atom stereocenters. The molecule has 3 nitrogen and oxygen atoms in total. The molecule has 3 rings (SSSR count). The molecular weight excluding hydrogens is 264 g/mol. The van der Waals surface area contributed by atoms with Crippen LogP contribution in [0.5, 0.6) is 0 Å². The van der Waals surface area contributed by atoms with E-state index in [-0.39, 0.29) is 22.7 Å². The molecule has 21 heavy (non-hydrogen) atoms. The van der Waals surface area contributed by atoms with Crippen molar-refractivity contribution in [1.82, 2.24) is 0 Å². The van der Waals surface area contributed by atoms with E-state index < -0.39 is 5.78 Å². The zero-order valence-corrected chi connectivity index (χ0v) is 11.4. The van der Waals surface area contributed by atoms with Crippen molar-refractivity contribution >= 4 is 17.3 Å². The number of carbonyl (C=O) groups is 3. The lowest BCUT2D eigenvalue weighted by atomic mass is 9.82. The summed E-state index contributed by atoms with van der Waals surface area (Å²) < 4.78 is 0. The number of allylic oxidation sites excluding steroid dienone is 2. The minimum absolute atomic E-state index is 0.0232. The van der Waals surface area contributed by atoms with Crippen molar-refractivity contribution < 1.29 is 14.4 Å². The van der Waals surface area contributed by atoms with Crippen molar-refractivity contribution in [3.63, 3.8) is 0 Å². The van der Waals surface area contributed by atoms with E-state index in [9.17, 15) is 14.4 Å². The Morgan fingerprint density at radius 3 is 1.90 bits per heavy atom. The monoisotopic (exact) mass is 276 g/mol. The fraction of sp³-hybridized carbons (Fsp3) is 0.0556. The van der Waals surface area contributed by atoms with Crippen molar-refractivity contribution in [2.75, 3.05) is 0 Å². The number of fused-ring (bicyclic) bond motifs is 1. The van der Waals surface area contributed by atoms with Gasteiger partial charge in [0, 0.05) is 22.3 Å². The van der Waals surface area contributed by atoms with Gasteiger partial charge in [0.05, 0.1) is 5.57 Å². The smallest absolute Gasteiger partial charge is 0.198 e. The molecule has 0 amide bonds. The third kappa shape index (κ3) is 2.03. The van der Waals surface area contributed by atoms with Gasteiger partial charge in [-0.1, -0.05) is 54.6 Å². The third-order valence-corrected chi connectivity index (χ3v) is 3.62. The summed E-state index contributed by atoms with van der Waals surface area (Å²) >= 11 is 0. The highest BCUT2D eigenvalue weighted by Crippen LogP contribution is 2.28. The molecular formula is C18H12O3. The second kappa shape index (κ2) is 4.94. The number of ketones is 3. The van der Waals surface area contributed by atoms with Crippen LogP contribution in [-0.4, -0.2) is 17.3 Å². The van der Waals surface area contributed by atoms with Crippen molar-refractivity contribution in [1.29, 1.82) is 0 Å². The third-order valence-electron chi connectivity index (χ3n) is 3.62. The van der Waals surface area contributed by atoms with Crippen LogP contribution in [-0.2, 0) is 0 Å². The quantitative estimate of drug-likeness (QED) is 0.625. The predicted octanol–water partition coefficient (Wildman–Crippen LogP) is 3.27. The summed E-state index contributed by atoms with van der Waals surface area (Å²) in [6.45, 7) is 1.53. The lowest BCUT2D eigenvalue weighted by molar-refractivity contribution is 0.0927. The first-order valence-corrected chi connectivity index (χ1v) is 6.60. The Labute approximate surface area is 121 Å². The molecule has 2 aromatic carbocycles. The van der Waals surface area contributed by atoms with Gasteiger partial charge in [-0.3, -0.25) is 14.4 Å². The summed E-state index contributed by atoms with van der Waals surface area (Å²) in [5.74, 6) is -1.04. The van der Waals surface area contributed by atoms with Gasteiger partial charge >= 0.3 is 0 Å². The summed E-state index contributed by atoms with van der Waals surface area (Å²) in [6, 6.07) is 15.1. The van der Waals surface area contributed by atoms with Gasteiger partial charge in [0.25, 0.3) is 0 Å². The van der Waals surface area contributed by atoms with Gasteiger partial charge in [-0.05, 0) is 6.92 Å². The molecule has 0 saturated heterocycles. The molecule has 0 aliphatic heterocycles. The maximum atomic E-state index is 12.6. The van der Waals surface area contributed by atoms with E-state index in [1.165, 1.54) is 6.92 Å². The van der Waals surface area contributed by atoms with Crippen LogP contribution in [0.1, 0.15) is 38.0 Å². The van der Waals surface area contributed by atoms with Gasteiger partial charge in [0.1, 0.15) is 0 Å². The van der Waals surface area contributed by atoms with Crippen molar-refractivity contribution in [2.24, 2.45) is 0 Å². The first-order valence-electron chi connectivity index (χ1n) is 6.60. The predicted molar refractivity (Wildman–Crippen MR) is 78.6 cm³/mol. The molecule has 1 aliphatic carbocycles. The fourth-order valence-electron chi connectivity index (χ4n) is 2.51. The molecule has 0 atom stereocenters. The minimum atomic E-state index is -0.402. The van der Waals surface area contributed by atoms with Gasteiger partial charge < -0.3 is 0 Å². The topological polar surface area (TPSA) is 51.2 Å². The molecule has 0 heterocycles. The van der Waals surface area contributed by atoms with Crippen LogP contribution >= 0.6 is 0 Å². The van der Waals surface area contributed by atoms with E-state index in [1.54, 1.807) is 54.6 Å². The standard InChI is InChI=1S/C18H12O3/c1-11-15(17(20)12-7-3-2-4-8-12)18(21)14-10-6-5-9-13(14)16(11)19/h2-10H,1H3. The Bertz CT molecular complexity index is 798. The van der Waals surface area contributed by atoms with E-state index in [0.29, 0.717) is 16.7 Å². The van der Waals surface area contributed by atoms with E-state index in [2.05, 4.69) is 0 Å². The Balaban J connectivity index is 2.16. The van der Waals surface area contributed by atoms with Crippen molar-refractivity contribution in [3.8, 4) is 0 Å². The number of benzene rings is 2. The molecule has 3 heteroatoms. The summed E-state index contributed by atoms with van der Waals surface area (Å²) in [5.41, 5.74) is 1.27. The highest BCUT2D eigenvalue weighted by atomic mass is 16.2. The number of hydrogen-bond donors (Lipinski definition) is 0. The molecule has 1 aliphatic rings. The van der Waals surface area contributed by atoms with E-state index in [1.807, 2.05) is 0 Å². The van der Waals surface area contributed by atoms with Gasteiger partial charge in [-0.2, -0.15) is 0 Å². The number of carbonyl (C=O) groups excluding carboxylic acids is 3. The Morgan fingerprint density at radius 1 is 0.762 bits per heavy atom. The molecule has 0 radical (unpaired) electrons. The average Bonchev–Trinajstić information content (AvgIpc) is 2.53. The fourth-order valence-corrected chi connectivity index (χ4v) is 2.51. The van der Waals surface area contributed by atoms with Crippen molar-refractivity contribution in [2.45, 2.75) is 6.92 Å². The first-order chi connectivity index (χ1) is 10.1.